The molecule has 88 valence electrons. The zero-order valence-corrected chi connectivity index (χ0v) is 10.2. The van der Waals surface area contributed by atoms with E-state index in [2.05, 4.69) is 5.10 Å². The number of amides is 1. The van der Waals surface area contributed by atoms with Gasteiger partial charge in [0.05, 0.1) is 26.0 Å². The summed E-state index contributed by atoms with van der Waals surface area (Å²) in [7, 11) is 1.57. The van der Waals surface area contributed by atoms with Gasteiger partial charge in [-0.25, -0.2) is 9.59 Å². The molecule has 1 amide bonds. The first-order valence-corrected chi connectivity index (χ1v) is 5.57. The fourth-order valence-corrected chi connectivity index (χ4v) is 2.33. The Hall–Kier alpha value is -1.34. The third-order valence-corrected chi connectivity index (χ3v) is 3.39. The number of thioether (sulfide) groups is 1. The molecule has 0 aromatic rings. The fraction of sp³-hybridized carbons (Fsp3) is 0.444. The van der Waals surface area contributed by atoms with E-state index in [1.165, 1.54) is 6.92 Å². The molecule has 1 heterocycles. The zero-order valence-electron chi connectivity index (χ0n) is 9.39. The number of esters is 1. The molecule has 1 rings (SSSR count). The normalized spacial score (nSPS) is 26.7. The van der Waals surface area contributed by atoms with Crippen molar-refractivity contribution in [2.24, 2.45) is 10.9 Å². The highest BCUT2D eigenvalue weighted by atomic mass is 32.2. The van der Waals surface area contributed by atoms with Crippen molar-refractivity contribution in [2.45, 2.75) is 13.8 Å². The van der Waals surface area contributed by atoms with Gasteiger partial charge < -0.3 is 10.6 Å². The second-order valence-electron chi connectivity index (χ2n) is 3.28. The van der Waals surface area contributed by atoms with Crippen LogP contribution in [-0.4, -0.2) is 35.2 Å². The lowest BCUT2D eigenvalue weighted by Crippen LogP contribution is -2.50. The Morgan fingerprint density at radius 1 is 1.62 bits per heavy atom. The largest absolute Gasteiger partial charge is 0.458 e. The maximum absolute atomic E-state index is 11.7. The first-order valence-electron chi connectivity index (χ1n) is 4.69. The number of hydrogen-bond donors (Lipinski definition) is 1. The number of likely N-dealkylation sites (N-methyl/N-ethyl adjacent to an activating group) is 1. The standard InChI is InChI=1S/C9H14N3O3S/c1-4-15-8(14)7-5-16-9(11-10)12(7,3)6(2)13/h5H,4,10H2,1-3H3/q+1. The first-order chi connectivity index (χ1) is 7.48. The molecule has 1 atom stereocenters. The van der Waals surface area contributed by atoms with Crippen LogP contribution >= 0.6 is 11.8 Å². The topological polar surface area (TPSA) is 81.8 Å². The van der Waals surface area contributed by atoms with Gasteiger partial charge in [0.2, 0.25) is 5.70 Å². The quantitative estimate of drug-likeness (QED) is 0.328. The molecule has 0 aromatic carbocycles. The van der Waals surface area contributed by atoms with E-state index in [1.807, 2.05) is 0 Å². The molecular formula is C9H14N3O3S+. The van der Waals surface area contributed by atoms with Crippen molar-refractivity contribution in [1.29, 1.82) is 0 Å². The Balaban J connectivity index is 3.12. The highest BCUT2D eigenvalue weighted by Crippen LogP contribution is 2.33. The van der Waals surface area contributed by atoms with E-state index in [0.717, 1.165) is 11.8 Å². The Labute approximate surface area is 97.7 Å². The van der Waals surface area contributed by atoms with Gasteiger partial charge in [-0.05, 0) is 18.7 Å². The van der Waals surface area contributed by atoms with Gasteiger partial charge in [-0.15, -0.1) is 5.10 Å². The Kier molecular flexibility index (Phi) is 3.71. The highest BCUT2D eigenvalue weighted by molar-refractivity contribution is 8.16. The van der Waals surface area contributed by atoms with Crippen molar-refractivity contribution in [2.75, 3.05) is 13.7 Å². The van der Waals surface area contributed by atoms with Gasteiger partial charge in [0, 0.05) is 0 Å². The number of hydrogen-bond acceptors (Lipinski definition) is 6. The maximum Gasteiger partial charge on any atom is 0.394 e. The highest BCUT2D eigenvalue weighted by Gasteiger charge is 2.49. The molecule has 7 heteroatoms. The molecule has 0 aromatic heterocycles. The van der Waals surface area contributed by atoms with Gasteiger partial charge in [-0.3, -0.25) is 0 Å². The predicted molar refractivity (Wildman–Crippen MR) is 60.8 cm³/mol. The van der Waals surface area contributed by atoms with E-state index in [9.17, 15) is 9.59 Å². The molecular weight excluding hydrogens is 230 g/mol. The minimum absolute atomic E-state index is 0.239. The van der Waals surface area contributed by atoms with Crippen molar-refractivity contribution in [3.8, 4) is 0 Å². The second-order valence-corrected chi connectivity index (χ2v) is 4.11. The summed E-state index contributed by atoms with van der Waals surface area (Å²) in [6, 6.07) is 0. The van der Waals surface area contributed by atoms with E-state index in [-0.39, 0.29) is 22.7 Å². The van der Waals surface area contributed by atoms with Gasteiger partial charge in [0.15, 0.2) is 0 Å². The molecule has 0 bridgehead atoms. The zero-order chi connectivity index (χ0) is 12.3. The number of nitrogens with two attached hydrogens (primary N) is 1. The lowest BCUT2D eigenvalue weighted by molar-refractivity contribution is -0.688. The average Bonchev–Trinajstić information content (AvgIpc) is 2.57. The first kappa shape index (κ1) is 12.7. The average molecular weight is 244 g/mol. The maximum atomic E-state index is 11.7. The molecule has 0 radical (unpaired) electrons. The van der Waals surface area contributed by atoms with Gasteiger partial charge in [-0.2, -0.15) is 4.48 Å². The number of rotatable bonds is 2. The summed E-state index contributed by atoms with van der Waals surface area (Å²) in [6.07, 6.45) is 0. The summed E-state index contributed by atoms with van der Waals surface area (Å²) in [4.78, 5) is 23.3. The summed E-state index contributed by atoms with van der Waals surface area (Å²) in [5.74, 6) is 4.43. The SMILES string of the molecule is CCOC(=O)C1=CSC(=NN)[N+]1(C)C(C)=O. The van der Waals surface area contributed by atoms with Crippen LogP contribution in [0.1, 0.15) is 13.8 Å². The molecule has 2 N–H and O–H groups in total. The molecule has 16 heavy (non-hydrogen) atoms. The summed E-state index contributed by atoms with van der Waals surface area (Å²) in [5.41, 5.74) is 0.239. The van der Waals surface area contributed by atoms with Crippen LogP contribution in [0.4, 0.5) is 0 Å². The molecule has 1 aliphatic heterocycles. The van der Waals surface area contributed by atoms with Gasteiger partial charge in [-0.1, -0.05) is 0 Å². The Morgan fingerprint density at radius 3 is 2.69 bits per heavy atom. The fourth-order valence-electron chi connectivity index (χ4n) is 1.31. The smallest absolute Gasteiger partial charge is 0.394 e. The summed E-state index contributed by atoms with van der Waals surface area (Å²) >= 11 is 1.15. The molecule has 0 saturated heterocycles. The van der Waals surface area contributed by atoms with E-state index in [4.69, 9.17) is 10.6 Å². The molecule has 0 fully saturated rings. The van der Waals surface area contributed by atoms with E-state index >= 15 is 0 Å². The number of ether oxygens (including phenoxy) is 1. The number of hydrazone groups is 1. The van der Waals surface area contributed by atoms with Gasteiger partial charge >= 0.3 is 11.9 Å². The van der Waals surface area contributed by atoms with Gasteiger partial charge in [0.1, 0.15) is 0 Å². The van der Waals surface area contributed by atoms with Crippen molar-refractivity contribution >= 4 is 28.8 Å². The van der Waals surface area contributed by atoms with Crippen LogP contribution in [0.2, 0.25) is 0 Å². The van der Waals surface area contributed by atoms with E-state index in [1.54, 1.807) is 19.4 Å². The monoisotopic (exact) mass is 244 g/mol. The summed E-state index contributed by atoms with van der Waals surface area (Å²) in [5, 5.41) is 5.43. The van der Waals surface area contributed by atoms with Crippen LogP contribution in [0, 0.1) is 0 Å². The summed E-state index contributed by atoms with van der Waals surface area (Å²) < 4.78 is 4.55. The molecule has 6 nitrogen and oxygen atoms in total. The number of amidine groups is 1. The third kappa shape index (κ3) is 1.83. The Bertz CT molecular complexity index is 391. The molecule has 1 aliphatic rings. The molecule has 0 aliphatic carbocycles. The number of quaternary nitrogens is 1. The number of nitrogens with zero attached hydrogens (tertiary/aromatic N) is 2. The minimum Gasteiger partial charge on any atom is -0.458 e. The number of carbonyl (C=O) groups excluding carboxylic acids is 2. The summed E-state index contributed by atoms with van der Waals surface area (Å²) in [6.45, 7) is 3.34. The van der Waals surface area contributed by atoms with E-state index < -0.39 is 5.97 Å². The van der Waals surface area contributed by atoms with Crippen LogP contribution in [0.3, 0.4) is 0 Å². The van der Waals surface area contributed by atoms with Crippen LogP contribution < -0.4 is 5.84 Å². The van der Waals surface area contributed by atoms with Crippen molar-refractivity contribution in [3.05, 3.63) is 11.1 Å². The lowest BCUT2D eigenvalue weighted by Gasteiger charge is -2.24. The van der Waals surface area contributed by atoms with Crippen molar-refractivity contribution < 1.29 is 18.8 Å². The Morgan fingerprint density at radius 2 is 2.25 bits per heavy atom. The lowest BCUT2D eigenvalue weighted by atomic mass is 10.3. The van der Waals surface area contributed by atoms with Crippen LogP contribution in [0.25, 0.3) is 0 Å². The second kappa shape index (κ2) is 4.67. The molecule has 0 spiro atoms. The third-order valence-electron chi connectivity index (χ3n) is 2.37. The molecule has 0 saturated carbocycles. The van der Waals surface area contributed by atoms with Gasteiger partial charge in [0.25, 0.3) is 5.17 Å². The molecule has 1 unspecified atom stereocenters. The number of carbonyl (C=O) groups is 2. The van der Waals surface area contributed by atoms with E-state index in [0.29, 0.717) is 5.17 Å². The van der Waals surface area contributed by atoms with Crippen LogP contribution in [0.5, 0.6) is 0 Å². The van der Waals surface area contributed by atoms with Crippen molar-refractivity contribution in [3.63, 3.8) is 0 Å². The van der Waals surface area contributed by atoms with Crippen LogP contribution in [0.15, 0.2) is 16.2 Å². The predicted octanol–water partition coefficient (Wildman–Crippen LogP) is 0.361. The van der Waals surface area contributed by atoms with Crippen LogP contribution in [-0.2, 0) is 14.3 Å². The minimum atomic E-state index is -0.522. The van der Waals surface area contributed by atoms with Crippen molar-refractivity contribution in [1.82, 2.24) is 0 Å².